The SMILES string of the molecule is CC1=CC=C(C)C2C(=O)c3c(C)ccc(C)c3C(=O)C12. The van der Waals surface area contributed by atoms with Crippen molar-refractivity contribution in [1.29, 1.82) is 0 Å². The van der Waals surface area contributed by atoms with Gasteiger partial charge in [-0.05, 0) is 38.8 Å². The van der Waals surface area contributed by atoms with Gasteiger partial charge in [0.1, 0.15) is 0 Å². The lowest BCUT2D eigenvalue weighted by atomic mass is 9.65. The van der Waals surface area contributed by atoms with Crippen molar-refractivity contribution in [3.63, 3.8) is 0 Å². The summed E-state index contributed by atoms with van der Waals surface area (Å²) < 4.78 is 0. The number of fused-ring (bicyclic) bond motifs is 2. The molecule has 2 unspecified atom stereocenters. The zero-order chi connectivity index (χ0) is 14.6. The fourth-order valence-corrected chi connectivity index (χ4v) is 3.47. The van der Waals surface area contributed by atoms with E-state index in [0.717, 1.165) is 22.3 Å². The van der Waals surface area contributed by atoms with Crippen LogP contribution in [-0.2, 0) is 0 Å². The highest BCUT2D eigenvalue weighted by molar-refractivity contribution is 6.19. The first-order valence-corrected chi connectivity index (χ1v) is 6.97. The van der Waals surface area contributed by atoms with Gasteiger partial charge in [-0.25, -0.2) is 0 Å². The number of allylic oxidation sites excluding steroid dienone is 4. The van der Waals surface area contributed by atoms with Crippen LogP contribution in [0, 0.1) is 25.7 Å². The lowest BCUT2D eigenvalue weighted by Crippen LogP contribution is -2.40. The summed E-state index contributed by atoms with van der Waals surface area (Å²) in [6, 6.07) is 3.87. The van der Waals surface area contributed by atoms with E-state index in [4.69, 9.17) is 0 Å². The molecular weight excluding hydrogens is 248 g/mol. The molecule has 2 heteroatoms. The molecule has 0 aromatic heterocycles. The second kappa shape index (κ2) is 4.27. The molecule has 102 valence electrons. The van der Waals surface area contributed by atoms with Crippen molar-refractivity contribution in [2.75, 3.05) is 0 Å². The Kier molecular flexibility index (Phi) is 2.79. The maximum atomic E-state index is 12.9. The molecular formula is C18H18O2. The standard InChI is InChI=1S/C18H18O2/c1-9-5-6-10(2)14-13(9)17(19)15-11(3)7-8-12(4)16(15)18(14)20/h5-8,13-14H,1-4H3. The van der Waals surface area contributed by atoms with Gasteiger partial charge in [0.25, 0.3) is 0 Å². The molecule has 2 aliphatic rings. The van der Waals surface area contributed by atoms with Crippen molar-refractivity contribution in [2.24, 2.45) is 11.8 Å². The third kappa shape index (κ3) is 1.57. The van der Waals surface area contributed by atoms with Crippen molar-refractivity contribution in [3.05, 3.63) is 57.7 Å². The number of carbonyl (C=O) groups excluding carboxylic acids is 2. The summed E-state index contributed by atoms with van der Waals surface area (Å²) >= 11 is 0. The molecule has 2 atom stereocenters. The van der Waals surface area contributed by atoms with E-state index in [1.807, 2.05) is 52.0 Å². The summed E-state index contributed by atoms with van der Waals surface area (Å²) in [7, 11) is 0. The first-order valence-electron chi connectivity index (χ1n) is 6.97. The van der Waals surface area contributed by atoms with E-state index in [-0.39, 0.29) is 23.4 Å². The predicted molar refractivity (Wildman–Crippen MR) is 79.1 cm³/mol. The minimum atomic E-state index is -0.305. The van der Waals surface area contributed by atoms with Gasteiger partial charge in [-0.15, -0.1) is 0 Å². The van der Waals surface area contributed by atoms with Crippen LogP contribution in [0.1, 0.15) is 45.7 Å². The van der Waals surface area contributed by atoms with Gasteiger partial charge in [0.05, 0.1) is 11.8 Å². The summed E-state index contributed by atoms with van der Waals surface area (Å²) in [4.78, 5) is 25.8. The fourth-order valence-electron chi connectivity index (χ4n) is 3.47. The van der Waals surface area contributed by atoms with Gasteiger partial charge in [0.15, 0.2) is 11.6 Å². The van der Waals surface area contributed by atoms with Gasteiger partial charge in [0, 0.05) is 11.1 Å². The van der Waals surface area contributed by atoms with Gasteiger partial charge < -0.3 is 0 Å². The van der Waals surface area contributed by atoms with Crippen LogP contribution < -0.4 is 0 Å². The molecule has 0 aliphatic heterocycles. The Hall–Kier alpha value is -1.96. The zero-order valence-electron chi connectivity index (χ0n) is 12.3. The van der Waals surface area contributed by atoms with E-state index < -0.39 is 0 Å². The van der Waals surface area contributed by atoms with Crippen molar-refractivity contribution >= 4 is 11.6 Å². The smallest absolute Gasteiger partial charge is 0.172 e. The second-order valence-electron chi connectivity index (χ2n) is 5.95. The summed E-state index contributed by atoms with van der Waals surface area (Å²) in [6.45, 7) is 7.71. The molecule has 0 amide bonds. The van der Waals surface area contributed by atoms with Gasteiger partial charge in [-0.2, -0.15) is 0 Å². The molecule has 2 nitrogen and oxygen atoms in total. The molecule has 0 fully saturated rings. The van der Waals surface area contributed by atoms with Crippen molar-refractivity contribution in [3.8, 4) is 0 Å². The van der Waals surface area contributed by atoms with Gasteiger partial charge >= 0.3 is 0 Å². The van der Waals surface area contributed by atoms with E-state index in [2.05, 4.69) is 0 Å². The number of carbonyl (C=O) groups is 2. The highest BCUT2D eigenvalue weighted by atomic mass is 16.1. The molecule has 0 radical (unpaired) electrons. The van der Waals surface area contributed by atoms with Gasteiger partial charge in [-0.1, -0.05) is 35.4 Å². The Bertz CT molecular complexity index is 643. The molecule has 0 spiro atoms. The van der Waals surface area contributed by atoms with Crippen LogP contribution in [-0.4, -0.2) is 11.6 Å². The first-order chi connectivity index (χ1) is 9.43. The number of Topliss-reactive ketones (excluding diaryl/α,β-unsaturated/α-hetero) is 2. The largest absolute Gasteiger partial charge is 0.293 e. The Balaban J connectivity index is 2.32. The van der Waals surface area contributed by atoms with Crippen molar-refractivity contribution in [1.82, 2.24) is 0 Å². The quantitative estimate of drug-likeness (QED) is 0.715. The maximum absolute atomic E-state index is 12.9. The van der Waals surface area contributed by atoms with Crippen LogP contribution in [0.25, 0.3) is 0 Å². The predicted octanol–water partition coefficient (Wildman–Crippen LogP) is 3.82. The van der Waals surface area contributed by atoms with Crippen molar-refractivity contribution < 1.29 is 9.59 Å². The highest BCUT2D eigenvalue weighted by Crippen LogP contribution is 2.42. The first kappa shape index (κ1) is 13.0. The van der Waals surface area contributed by atoms with E-state index in [1.54, 1.807) is 0 Å². The third-order valence-electron chi connectivity index (χ3n) is 4.60. The lowest BCUT2D eigenvalue weighted by Gasteiger charge is -2.35. The summed E-state index contributed by atoms with van der Waals surface area (Å²) in [5.74, 6) is -0.403. The zero-order valence-corrected chi connectivity index (χ0v) is 12.3. The van der Waals surface area contributed by atoms with E-state index >= 15 is 0 Å². The van der Waals surface area contributed by atoms with Crippen LogP contribution in [0.2, 0.25) is 0 Å². The fraction of sp³-hybridized carbons (Fsp3) is 0.333. The number of hydrogen-bond acceptors (Lipinski definition) is 2. The Labute approximate surface area is 119 Å². The number of ketones is 2. The van der Waals surface area contributed by atoms with Gasteiger partial charge in [0.2, 0.25) is 0 Å². The number of benzene rings is 1. The molecule has 0 N–H and O–H groups in total. The summed E-state index contributed by atoms with van der Waals surface area (Å²) in [6.07, 6.45) is 3.94. The van der Waals surface area contributed by atoms with Crippen LogP contribution >= 0.6 is 0 Å². The topological polar surface area (TPSA) is 34.1 Å². The minimum Gasteiger partial charge on any atom is -0.293 e. The van der Waals surface area contributed by atoms with Crippen LogP contribution in [0.3, 0.4) is 0 Å². The van der Waals surface area contributed by atoms with E-state index in [1.165, 1.54) is 0 Å². The Morgan fingerprint density at radius 2 is 1.05 bits per heavy atom. The molecule has 3 rings (SSSR count). The summed E-state index contributed by atoms with van der Waals surface area (Å²) in [5, 5.41) is 0. The molecule has 0 heterocycles. The van der Waals surface area contributed by atoms with Crippen molar-refractivity contribution in [2.45, 2.75) is 27.7 Å². The lowest BCUT2D eigenvalue weighted by molar-refractivity contribution is 0.0784. The van der Waals surface area contributed by atoms with Gasteiger partial charge in [-0.3, -0.25) is 9.59 Å². The number of aryl methyl sites for hydroxylation is 2. The normalized spacial score (nSPS) is 24.8. The highest BCUT2D eigenvalue weighted by Gasteiger charge is 2.44. The van der Waals surface area contributed by atoms with Crippen LogP contribution in [0.15, 0.2) is 35.4 Å². The minimum absolute atomic E-state index is 0.104. The summed E-state index contributed by atoms with van der Waals surface area (Å²) in [5.41, 5.74) is 5.07. The molecule has 0 bridgehead atoms. The Morgan fingerprint density at radius 1 is 0.700 bits per heavy atom. The van der Waals surface area contributed by atoms with E-state index in [0.29, 0.717) is 11.1 Å². The molecule has 1 aromatic carbocycles. The van der Waals surface area contributed by atoms with Crippen LogP contribution in [0.4, 0.5) is 0 Å². The third-order valence-corrected chi connectivity index (χ3v) is 4.60. The molecule has 0 saturated heterocycles. The molecule has 20 heavy (non-hydrogen) atoms. The monoisotopic (exact) mass is 266 g/mol. The number of hydrogen-bond donors (Lipinski definition) is 0. The average Bonchev–Trinajstić information content (AvgIpc) is 2.41. The molecule has 2 aliphatic carbocycles. The molecule has 1 aromatic rings. The number of rotatable bonds is 0. The van der Waals surface area contributed by atoms with E-state index in [9.17, 15) is 9.59 Å². The van der Waals surface area contributed by atoms with Crippen LogP contribution in [0.5, 0.6) is 0 Å². The second-order valence-corrected chi connectivity index (χ2v) is 5.95. The average molecular weight is 266 g/mol. The molecule has 0 saturated carbocycles. The Morgan fingerprint density at radius 3 is 1.40 bits per heavy atom. The maximum Gasteiger partial charge on any atom is 0.172 e.